The quantitative estimate of drug-likeness (QED) is 0.633. The second-order valence-corrected chi connectivity index (χ2v) is 8.79. The maximum Gasteiger partial charge on any atom is 0.317 e. The number of rotatable bonds is 9. The zero-order valence-corrected chi connectivity index (χ0v) is 19.7. The number of anilines is 1. The third-order valence-corrected chi connectivity index (χ3v) is 6.31. The average Bonchev–Trinajstić information content (AvgIpc) is 3.39. The lowest BCUT2D eigenvalue weighted by Crippen LogP contribution is -2.38. The fraction of sp³-hybridized carbons (Fsp3) is 0.500. The van der Waals surface area contributed by atoms with Gasteiger partial charge in [0.25, 0.3) is 0 Å². The summed E-state index contributed by atoms with van der Waals surface area (Å²) in [5, 5.41) is 3.04. The predicted molar refractivity (Wildman–Crippen MR) is 131 cm³/mol. The van der Waals surface area contributed by atoms with Gasteiger partial charge >= 0.3 is 6.03 Å². The van der Waals surface area contributed by atoms with Crippen LogP contribution in [0.25, 0.3) is 0 Å². The first-order chi connectivity index (χ1) is 16.2. The number of carbonyl (C=O) groups is 1. The predicted octanol–water partition coefficient (Wildman–Crippen LogP) is 3.34. The van der Waals surface area contributed by atoms with Gasteiger partial charge in [-0.15, -0.1) is 0 Å². The van der Waals surface area contributed by atoms with Crippen molar-refractivity contribution < 1.29 is 14.3 Å². The van der Waals surface area contributed by atoms with E-state index in [-0.39, 0.29) is 6.03 Å². The Balaban J connectivity index is 1.24. The summed E-state index contributed by atoms with van der Waals surface area (Å²) in [6.07, 6.45) is 2.47. The minimum Gasteiger partial charge on any atom is -0.492 e. The summed E-state index contributed by atoms with van der Waals surface area (Å²) < 4.78 is 11.3. The lowest BCUT2D eigenvalue weighted by Gasteiger charge is -2.26. The van der Waals surface area contributed by atoms with Gasteiger partial charge < -0.3 is 24.6 Å². The maximum absolute atomic E-state index is 12.7. The molecule has 7 heteroatoms. The van der Waals surface area contributed by atoms with E-state index in [9.17, 15) is 4.79 Å². The summed E-state index contributed by atoms with van der Waals surface area (Å²) in [7, 11) is 1.85. The number of ether oxygens (including phenoxy) is 2. The zero-order chi connectivity index (χ0) is 22.9. The highest BCUT2D eigenvalue weighted by atomic mass is 16.5. The molecule has 1 N–H and O–H groups in total. The number of nitrogens with zero attached hydrogens (tertiary/aromatic N) is 3. The van der Waals surface area contributed by atoms with Gasteiger partial charge in [0.15, 0.2) is 0 Å². The van der Waals surface area contributed by atoms with E-state index >= 15 is 0 Å². The van der Waals surface area contributed by atoms with Gasteiger partial charge in [0.2, 0.25) is 0 Å². The molecule has 4 rings (SSSR count). The number of hydrogen-bond acceptors (Lipinski definition) is 5. The lowest BCUT2D eigenvalue weighted by atomic mass is 10.1. The molecule has 0 aliphatic carbocycles. The highest BCUT2D eigenvalue weighted by Crippen LogP contribution is 2.25. The van der Waals surface area contributed by atoms with E-state index in [2.05, 4.69) is 33.3 Å². The molecule has 178 valence electrons. The topological polar surface area (TPSA) is 57.3 Å². The summed E-state index contributed by atoms with van der Waals surface area (Å²) in [6.45, 7) is 8.32. The molecule has 0 bridgehead atoms. The van der Waals surface area contributed by atoms with Crippen molar-refractivity contribution in [2.24, 2.45) is 0 Å². The minimum absolute atomic E-state index is 0.0788. The van der Waals surface area contributed by atoms with E-state index in [4.69, 9.17) is 9.47 Å². The van der Waals surface area contributed by atoms with E-state index < -0.39 is 0 Å². The first-order valence-electron chi connectivity index (χ1n) is 12.0. The Kier molecular flexibility index (Phi) is 8.44. The molecule has 0 aromatic heterocycles. The number of para-hydroxylation sites is 1. The van der Waals surface area contributed by atoms with Crippen molar-refractivity contribution in [3.63, 3.8) is 0 Å². The molecule has 0 radical (unpaired) electrons. The first-order valence-corrected chi connectivity index (χ1v) is 12.0. The van der Waals surface area contributed by atoms with Crippen LogP contribution in [0, 0.1) is 0 Å². The number of amides is 2. The zero-order valence-electron chi connectivity index (χ0n) is 19.7. The molecule has 33 heavy (non-hydrogen) atoms. The Morgan fingerprint density at radius 1 is 1.06 bits per heavy atom. The molecule has 2 heterocycles. The third kappa shape index (κ3) is 6.85. The molecule has 7 nitrogen and oxygen atoms in total. The smallest absolute Gasteiger partial charge is 0.317 e. The number of urea groups is 1. The van der Waals surface area contributed by atoms with Crippen molar-refractivity contribution in [2.75, 3.05) is 64.5 Å². The van der Waals surface area contributed by atoms with Gasteiger partial charge in [0, 0.05) is 58.5 Å². The molecule has 2 aliphatic rings. The Labute approximate surface area is 197 Å². The van der Waals surface area contributed by atoms with Gasteiger partial charge in [-0.05, 0) is 42.2 Å². The molecule has 2 fully saturated rings. The number of nitrogens with one attached hydrogen (secondary N) is 1. The van der Waals surface area contributed by atoms with Crippen LogP contribution in [-0.4, -0.2) is 75.4 Å². The van der Waals surface area contributed by atoms with Crippen LogP contribution in [0.1, 0.15) is 24.0 Å². The number of carbonyl (C=O) groups excluding carboxylic acids is 1. The van der Waals surface area contributed by atoms with Gasteiger partial charge in [-0.3, -0.25) is 4.90 Å². The molecule has 0 atom stereocenters. The van der Waals surface area contributed by atoms with E-state index in [0.717, 1.165) is 57.3 Å². The lowest BCUT2D eigenvalue weighted by molar-refractivity contribution is 0.0322. The molecule has 2 amide bonds. The van der Waals surface area contributed by atoms with Crippen LogP contribution in [0.4, 0.5) is 10.5 Å². The minimum atomic E-state index is -0.0788. The number of hydrogen-bond donors (Lipinski definition) is 1. The second-order valence-electron chi connectivity index (χ2n) is 8.79. The van der Waals surface area contributed by atoms with Crippen LogP contribution in [0.3, 0.4) is 0 Å². The molecule has 2 aliphatic heterocycles. The van der Waals surface area contributed by atoms with Gasteiger partial charge in [0.05, 0.1) is 13.2 Å². The third-order valence-electron chi connectivity index (χ3n) is 6.31. The van der Waals surface area contributed by atoms with Crippen molar-refractivity contribution in [1.29, 1.82) is 0 Å². The van der Waals surface area contributed by atoms with E-state index in [0.29, 0.717) is 19.7 Å². The average molecular weight is 453 g/mol. The molecule has 0 saturated carbocycles. The van der Waals surface area contributed by atoms with Crippen LogP contribution in [0.5, 0.6) is 5.75 Å². The summed E-state index contributed by atoms with van der Waals surface area (Å²) in [5.41, 5.74) is 3.46. The summed E-state index contributed by atoms with van der Waals surface area (Å²) in [5.74, 6) is 0.836. The van der Waals surface area contributed by atoms with Crippen molar-refractivity contribution in [1.82, 2.24) is 15.1 Å². The Morgan fingerprint density at radius 3 is 2.67 bits per heavy atom. The second kappa shape index (κ2) is 11.9. The molecule has 0 unspecified atom stereocenters. The molecule has 2 aromatic carbocycles. The summed E-state index contributed by atoms with van der Waals surface area (Å²) >= 11 is 0. The highest BCUT2D eigenvalue weighted by molar-refractivity contribution is 5.74. The molecular formula is C26H36N4O3. The van der Waals surface area contributed by atoms with E-state index in [1.54, 1.807) is 4.90 Å². The van der Waals surface area contributed by atoms with Crippen LogP contribution in [0.15, 0.2) is 48.5 Å². The molecule has 2 aromatic rings. The number of benzene rings is 2. The van der Waals surface area contributed by atoms with Gasteiger partial charge in [-0.2, -0.15) is 0 Å². The van der Waals surface area contributed by atoms with Crippen molar-refractivity contribution in [2.45, 2.75) is 25.9 Å². The van der Waals surface area contributed by atoms with Crippen LogP contribution >= 0.6 is 0 Å². The monoisotopic (exact) mass is 452 g/mol. The largest absolute Gasteiger partial charge is 0.492 e. The summed E-state index contributed by atoms with van der Waals surface area (Å²) in [4.78, 5) is 19.3. The van der Waals surface area contributed by atoms with Crippen molar-refractivity contribution in [3.05, 3.63) is 59.7 Å². The fourth-order valence-electron chi connectivity index (χ4n) is 4.41. The van der Waals surface area contributed by atoms with Crippen molar-refractivity contribution in [3.8, 4) is 5.75 Å². The highest BCUT2D eigenvalue weighted by Gasteiger charge is 2.17. The summed E-state index contributed by atoms with van der Waals surface area (Å²) in [6, 6.07) is 16.3. The Hall–Kier alpha value is -2.77. The Bertz CT molecular complexity index is 895. The molecule has 2 saturated heterocycles. The SMILES string of the molecule is CN(Cc1ccccc1N1CCCC1)C(=O)NCc1cccc(OCCN2CCOCC2)c1. The van der Waals surface area contributed by atoms with Gasteiger partial charge in [-0.1, -0.05) is 30.3 Å². The first kappa shape index (κ1) is 23.4. The standard InChI is InChI=1S/C26H36N4O3/c1-28(21-23-8-2-3-10-25(23)30-11-4-5-12-30)26(31)27-20-22-7-6-9-24(19-22)33-18-15-29-13-16-32-17-14-29/h2-3,6-10,19H,4-5,11-18,20-21H2,1H3,(H,27,31). The van der Waals surface area contributed by atoms with Crippen LogP contribution in [-0.2, 0) is 17.8 Å². The maximum atomic E-state index is 12.7. The van der Waals surface area contributed by atoms with E-state index in [1.807, 2.05) is 37.4 Å². The molecule has 0 spiro atoms. The number of morpholine rings is 1. The van der Waals surface area contributed by atoms with Gasteiger partial charge in [0.1, 0.15) is 12.4 Å². The van der Waals surface area contributed by atoms with Crippen LogP contribution < -0.4 is 15.0 Å². The Morgan fingerprint density at radius 2 is 1.85 bits per heavy atom. The molecular weight excluding hydrogens is 416 g/mol. The normalized spacial score (nSPS) is 16.6. The fourth-order valence-corrected chi connectivity index (χ4v) is 4.41. The van der Waals surface area contributed by atoms with Crippen LogP contribution in [0.2, 0.25) is 0 Å². The van der Waals surface area contributed by atoms with Crippen molar-refractivity contribution >= 4 is 11.7 Å². The van der Waals surface area contributed by atoms with Gasteiger partial charge in [-0.25, -0.2) is 4.79 Å². The van der Waals surface area contributed by atoms with E-state index in [1.165, 1.54) is 24.1 Å².